The van der Waals surface area contributed by atoms with Gasteiger partial charge in [0.05, 0.1) is 0 Å². The normalized spacial score (nSPS) is 13.3. The molecule has 3 heteroatoms. The Morgan fingerprint density at radius 2 is 1.93 bits per heavy atom. The van der Waals surface area contributed by atoms with Crippen molar-refractivity contribution in [2.45, 2.75) is 26.8 Å². The topological polar surface area (TPSA) is 46.2 Å². The van der Waals surface area contributed by atoms with Crippen LogP contribution in [-0.4, -0.2) is 5.11 Å². The molecule has 0 spiro atoms. The summed E-state index contributed by atoms with van der Waals surface area (Å²) < 4.78 is 0. The van der Waals surface area contributed by atoms with Gasteiger partial charge in [0.15, 0.2) is 0 Å². The van der Waals surface area contributed by atoms with Crippen LogP contribution in [0, 0.1) is 12.8 Å². The van der Waals surface area contributed by atoms with Gasteiger partial charge in [-0.25, -0.2) is 0 Å². The second-order valence-electron chi connectivity index (χ2n) is 3.90. The summed E-state index contributed by atoms with van der Waals surface area (Å²) in [5.74, 6) is 0.471. The summed E-state index contributed by atoms with van der Waals surface area (Å²) in [6.45, 7) is 5.84. The van der Waals surface area contributed by atoms with Crippen LogP contribution in [0.3, 0.4) is 0 Å². The summed E-state index contributed by atoms with van der Waals surface area (Å²) in [4.78, 5) is 0. The lowest BCUT2D eigenvalue weighted by Gasteiger charge is -2.19. The molecule has 0 heterocycles. The monoisotopic (exact) mass is 213 g/mol. The van der Waals surface area contributed by atoms with Gasteiger partial charge in [0, 0.05) is 16.6 Å². The fourth-order valence-corrected chi connectivity index (χ4v) is 1.62. The first kappa shape index (κ1) is 11.3. The molecule has 0 amide bonds. The van der Waals surface area contributed by atoms with Crippen LogP contribution in [0.4, 0.5) is 0 Å². The van der Waals surface area contributed by atoms with Crippen LogP contribution in [-0.2, 0) is 0 Å². The van der Waals surface area contributed by atoms with Gasteiger partial charge in [-0.15, -0.1) is 0 Å². The Morgan fingerprint density at radius 1 is 1.36 bits per heavy atom. The third-order valence-corrected chi connectivity index (χ3v) is 2.75. The number of rotatable bonds is 2. The van der Waals surface area contributed by atoms with Crippen molar-refractivity contribution in [1.82, 2.24) is 0 Å². The van der Waals surface area contributed by atoms with E-state index >= 15 is 0 Å². The highest BCUT2D eigenvalue weighted by Crippen LogP contribution is 2.35. The molecule has 1 aromatic rings. The molecule has 78 valence electrons. The summed E-state index contributed by atoms with van der Waals surface area (Å²) in [6, 6.07) is 3.34. The zero-order valence-electron chi connectivity index (χ0n) is 8.71. The summed E-state index contributed by atoms with van der Waals surface area (Å²) in [6.07, 6.45) is 0. The van der Waals surface area contributed by atoms with E-state index in [9.17, 15) is 5.11 Å². The maximum Gasteiger partial charge on any atom is 0.124 e. The fourth-order valence-electron chi connectivity index (χ4n) is 1.34. The number of benzene rings is 1. The minimum atomic E-state index is -0.220. The van der Waals surface area contributed by atoms with E-state index in [1.165, 1.54) is 0 Å². The third kappa shape index (κ3) is 2.02. The average Bonchev–Trinajstić information content (AvgIpc) is 2.12. The van der Waals surface area contributed by atoms with Gasteiger partial charge in [0.25, 0.3) is 0 Å². The lowest BCUT2D eigenvalue weighted by Crippen LogP contribution is -2.17. The predicted octanol–water partition coefficient (Wildman–Crippen LogP) is 3.01. The number of phenols is 1. The van der Waals surface area contributed by atoms with Gasteiger partial charge >= 0.3 is 0 Å². The van der Waals surface area contributed by atoms with E-state index in [0.29, 0.717) is 10.6 Å². The van der Waals surface area contributed by atoms with Crippen LogP contribution in [0.5, 0.6) is 5.75 Å². The van der Waals surface area contributed by atoms with E-state index in [-0.39, 0.29) is 17.7 Å². The standard InChI is InChI=1S/C11H16ClNO/c1-6(2)10(13)9-8(12)5-4-7(3)11(9)14/h4-6,10,14H,13H2,1-3H3/t10-/m0/s1. The highest BCUT2D eigenvalue weighted by molar-refractivity contribution is 6.31. The largest absolute Gasteiger partial charge is 0.507 e. The van der Waals surface area contributed by atoms with E-state index in [1.807, 2.05) is 20.8 Å². The fraction of sp³-hybridized carbons (Fsp3) is 0.455. The smallest absolute Gasteiger partial charge is 0.124 e. The Balaban J connectivity index is 3.25. The molecule has 0 saturated carbocycles. The van der Waals surface area contributed by atoms with Gasteiger partial charge in [-0.3, -0.25) is 0 Å². The molecule has 0 radical (unpaired) electrons. The Kier molecular flexibility index (Phi) is 3.40. The van der Waals surface area contributed by atoms with Gasteiger partial charge in [-0.2, -0.15) is 0 Å². The maximum absolute atomic E-state index is 9.83. The zero-order valence-corrected chi connectivity index (χ0v) is 9.47. The molecule has 0 saturated heterocycles. The van der Waals surface area contributed by atoms with Gasteiger partial charge in [0.1, 0.15) is 5.75 Å². The van der Waals surface area contributed by atoms with E-state index < -0.39 is 0 Å². The summed E-state index contributed by atoms with van der Waals surface area (Å²) in [5.41, 5.74) is 7.42. The van der Waals surface area contributed by atoms with E-state index in [2.05, 4.69) is 0 Å². The molecule has 0 unspecified atom stereocenters. The molecule has 0 aromatic heterocycles. The molecule has 0 aliphatic carbocycles. The Hall–Kier alpha value is -0.730. The van der Waals surface area contributed by atoms with Crippen molar-refractivity contribution >= 4 is 11.6 Å². The average molecular weight is 214 g/mol. The molecule has 1 aromatic carbocycles. The second kappa shape index (κ2) is 4.20. The molecule has 2 nitrogen and oxygen atoms in total. The van der Waals surface area contributed by atoms with Crippen molar-refractivity contribution in [3.8, 4) is 5.75 Å². The molecule has 0 aliphatic heterocycles. The molecule has 0 bridgehead atoms. The number of halogens is 1. The van der Waals surface area contributed by atoms with Crippen LogP contribution >= 0.6 is 11.6 Å². The van der Waals surface area contributed by atoms with Crippen molar-refractivity contribution in [3.05, 3.63) is 28.3 Å². The van der Waals surface area contributed by atoms with Crippen molar-refractivity contribution in [2.24, 2.45) is 11.7 Å². The maximum atomic E-state index is 9.83. The summed E-state index contributed by atoms with van der Waals surface area (Å²) in [7, 11) is 0. The molecule has 1 rings (SSSR count). The van der Waals surface area contributed by atoms with Gasteiger partial charge in [0.2, 0.25) is 0 Å². The van der Waals surface area contributed by atoms with Crippen molar-refractivity contribution in [3.63, 3.8) is 0 Å². The summed E-state index contributed by atoms with van der Waals surface area (Å²) in [5, 5.41) is 10.4. The zero-order chi connectivity index (χ0) is 10.9. The van der Waals surface area contributed by atoms with Crippen LogP contribution in [0.2, 0.25) is 5.02 Å². The van der Waals surface area contributed by atoms with Gasteiger partial charge < -0.3 is 10.8 Å². The van der Waals surface area contributed by atoms with Gasteiger partial charge in [-0.05, 0) is 24.5 Å². The first-order valence-corrected chi connectivity index (χ1v) is 5.06. The third-order valence-electron chi connectivity index (χ3n) is 2.42. The minimum Gasteiger partial charge on any atom is -0.507 e. The predicted molar refractivity (Wildman–Crippen MR) is 59.6 cm³/mol. The van der Waals surface area contributed by atoms with Crippen molar-refractivity contribution in [2.75, 3.05) is 0 Å². The minimum absolute atomic E-state index is 0.220. The van der Waals surface area contributed by atoms with Crippen LogP contribution < -0.4 is 5.73 Å². The second-order valence-corrected chi connectivity index (χ2v) is 4.30. The van der Waals surface area contributed by atoms with Crippen molar-refractivity contribution in [1.29, 1.82) is 0 Å². The van der Waals surface area contributed by atoms with Crippen LogP contribution in [0.15, 0.2) is 12.1 Å². The van der Waals surface area contributed by atoms with E-state index in [1.54, 1.807) is 12.1 Å². The Labute approximate surface area is 89.7 Å². The molecule has 14 heavy (non-hydrogen) atoms. The Morgan fingerprint density at radius 3 is 2.43 bits per heavy atom. The number of phenolic OH excluding ortho intramolecular Hbond substituents is 1. The molecule has 1 atom stereocenters. The summed E-state index contributed by atoms with van der Waals surface area (Å²) >= 11 is 6.00. The lowest BCUT2D eigenvalue weighted by molar-refractivity contribution is 0.437. The number of hydrogen-bond acceptors (Lipinski definition) is 2. The molecular weight excluding hydrogens is 198 g/mol. The number of hydrogen-bond donors (Lipinski definition) is 2. The van der Waals surface area contributed by atoms with Gasteiger partial charge in [-0.1, -0.05) is 31.5 Å². The van der Waals surface area contributed by atoms with Crippen LogP contribution in [0.1, 0.15) is 31.0 Å². The molecule has 3 N–H and O–H groups in total. The highest BCUT2D eigenvalue weighted by Gasteiger charge is 2.18. The first-order valence-electron chi connectivity index (χ1n) is 4.68. The number of aromatic hydroxyl groups is 1. The SMILES string of the molecule is Cc1ccc(Cl)c([C@@H](N)C(C)C)c1O. The lowest BCUT2D eigenvalue weighted by atomic mass is 9.94. The van der Waals surface area contributed by atoms with E-state index in [0.717, 1.165) is 5.56 Å². The number of aryl methyl sites for hydroxylation is 1. The number of nitrogens with two attached hydrogens (primary N) is 1. The first-order chi connectivity index (χ1) is 6.45. The molecular formula is C11H16ClNO. The van der Waals surface area contributed by atoms with Crippen molar-refractivity contribution < 1.29 is 5.11 Å². The molecule has 0 aliphatic rings. The molecule has 0 fully saturated rings. The quantitative estimate of drug-likeness (QED) is 0.794. The highest BCUT2D eigenvalue weighted by atomic mass is 35.5. The van der Waals surface area contributed by atoms with Crippen LogP contribution in [0.25, 0.3) is 0 Å². The Bertz CT molecular complexity index is 336. The van der Waals surface area contributed by atoms with E-state index in [4.69, 9.17) is 17.3 Å².